The van der Waals surface area contributed by atoms with Gasteiger partial charge in [0.25, 0.3) is 0 Å². The van der Waals surface area contributed by atoms with Gasteiger partial charge in [0.2, 0.25) is 0 Å². The van der Waals surface area contributed by atoms with Crippen molar-refractivity contribution in [2.45, 2.75) is 25.4 Å². The van der Waals surface area contributed by atoms with Gasteiger partial charge in [0.05, 0.1) is 5.92 Å². The number of ether oxygens (including phenoxy) is 2. The van der Waals surface area contributed by atoms with Crippen molar-refractivity contribution in [2.24, 2.45) is 11.3 Å². The summed E-state index contributed by atoms with van der Waals surface area (Å²) in [6, 6.07) is 6.35. The van der Waals surface area contributed by atoms with Gasteiger partial charge in [0.1, 0.15) is 17.9 Å². The molecule has 0 saturated carbocycles. The number of para-hydroxylation sites is 1. The van der Waals surface area contributed by atoms with Crippen molar-refractivity contribution in [3.63, 3.8) is 0 Å². The first-order valence-corrected chi connectivity index (χ1v) is 9.14. The molecule has 2 heterocycles. The van der Waals surface area contributed by atoms with Gasteiger partial charge in [-0.15, -0.1) is 0 Å². The molecule has 0 amide bonds. The van der Waals surface area contributed by atoms with Crippen LogP contribution in [0.4, 0.5) is 13.2 Å². The molecule has 2 saturated heterocycles. The number of hydrogen-bond acceptors (Lipinski definition) is 4. The number of carboxylic acids is 1. The van der Waals surface area contributed by atoms with E-state index in [0.29, 0.717) is 45.7 Å². The molecular weight excluding hydrogens is 363 g/mol. The zero-order chi connectivity index (χ0) is 19.5. The minimum absolute atomic E-state index is 0.0779. The van der Waals surface area contributed by atoms with Crippen LogP contribution >= 0.6 is 0 Å². The lowest BCUT2D eigenvalue weighted by atomic mass is 9.66. The third kappa shape index (κ3) is 4.55. The van der Waals surface area contributed by atoms with Gasteiger partial charge in [-0.1, -0.05) is 12.1 Å². The number of rotatable bonds is 5. The van der Waals surface area contributed by atoms with Crippen LogP contribution < -0.4 is 4.74 Å². The molecule has 2 aliphatic rings. The molecule has 27 heavy (non-hydrogen) atoms. The van der Waals surface area contributed by atoms with Crippen molar-refractivity contribution in [3.8, 4) is 5.75 Å². The second-order valence-corrected chi connectivity index (χ2v) is 7.28. The van der Waals surface area contributed by atoms with E-state index in [-0.39, 0.29) is 24.3 Å². The van der Waals surface area contributed by atoms with E-state index in [1.54, 1.807) is 18.2 Å². The van der Waals surface area contributed by atoms with E-state index in [1.165, 1.54) is 6.07 Å². The third-order valence-corrected chi connectivity index (χ3v) is 5.68. The van der Waals surface area contributed by atoms with Crippen LogP contribution in [0.25, 0.3) is 0 Å². The smallest absolute Gasteiger partial charge is 0.392 e. The van der Waals surface area contributed by atoms with Crippen LogP contribution in [0.3, 0.4) is 0 Å². The Morgan fingerprint density at radius 2 is 2.00 bits per heavy atom. The lowest BCUT2D eigenvalue weighted by molar-refractivity contribution is -0.235. The van der Waals surface area contributed by atoms with Crippen LogP contribution in [0.2, 0.25) is 0 Å². The fourth-order valence-corrected chi connectivity index (χ4v) is 4.29. The number of halogens is 3. The van der Waals surface area contributed by atoms with Crippen LogP contribution in [0.5, 0.6) is 5.75 Å². The molecule has 1 spiro atoms. The first kappa shape index (κ1) is 19.9. The van der Waals surface area contributed by atoms with Gasteiger partial charge in [-0.2, -0.15) is 13.2 Å². The topological polar surface area (TPSA) is 59.0 Å². The van der Waals surface area contributed by atoms with E-state index in [4.69, 9.17) is 9.47 Å². The Kier molecular flexibility index (Phi) is 5.95. The summed E-state index contributed by atoms with van der Waals surface area (Å²) in [5, 5.41) is 9.18. The maximum atomic E-state index is 13.6. The Labute approximate surface area is 156 Å². The summed E-state index contributed by atoms with van der Waals surface area (Å²) in [6.07, 6.45) is -3.29. The minimum atomic E-state index is -4.19. The molecule has 3 rings (SSSR count). The van der Waals surface area contributed by atoms with Crippen molar-refractivity contribution in [1.29, 1.82) is 0 Å². The quantitative estimate of drug-likeness (QED) is 0.839. The highest BCUT2D eigenvalue weighted by molar-refractivity contribution is 5.90. The molecule has 5 nitrogen and oxygen atoms in total. The fraction of sp³-hybridized carbons (Fsp3) is 0.632. The number of aromatic carboxylic acids is 1. The van der Waals surface area contributed by atoms with Crippen molar-refractivity contribution in [1.82, 2.24) is 4.90 Å². The van der Waals surface area contributed by atoms with Gasteiger partial charge in [0, 0.05) is 26.3 Å². The summed E-state index contributed by atoms with van der Waals surface area (Å²) >= 11 is 0. The maximum absolute atomic E-state index is 13.6. The average molecular weight is 387 g/mol. The summed E-state index contributed by atoms with van der Waals surface area (Å²) in [4.78, 5) is 13.2. The third-order valence-electron chi connectivity index (χ3n) is 5.68. The van der Waals surface area contributed by atoms with Crippen LogP contribution in [0.15, 0.2) is 24.3 Å². The highest BCUT2D eigenvalue weighted by atomic mass is 19.4. The van der Waals surface area contributed by atoms with E-state index in [2.05, 4.69) is 0 Å². The van der Waals surface area contributed by atoms with Gasteiger partial charge in [-0.05, 0) is 43.4 Å². The first-order valence-electron chi connectivity index (χ1n) is 9.14. The number of benzene rings is 1. The van der Waals surface area contributed by atoms with E-state index >= 15 is 0 Å². The predicted octanol–water partition coefficient (Wildman–Crippen LogP) is 3.44. The molecule has 2 fully saturated rings. The van der Waals surface area contributed by atoms with E-state index < -0.39 is 23.5 Å². The number of carbonyl (C=O) groups is 1. The molecular formula is C19H24F3NO4. The zero-order valence-electron chi connectivity index (χ0n) is 15.0. The molecule has 1 aromatic carbocycles. The largest absolute Gasteiger partial charge is 0.491 e. The molecule has 1 atom stereocenters. The number of carboxylic acid groups (broad SMARTS) is 1. The Hall–Kier alpha value is -1.80. The molecule has 1 unspecified atom stereocenters. The SMILES string of the molecule is O=C(O)c1ccccc1OCCN1CCC(C(F)(F)F)C2(CCOCC2)C1. The van der Waals surface area contributed by atoms with Crippen molar-refractivity contribution in [2.75, 3.05) is 39.5 Å². The highest BCUT2D eigenvalue weighted by Gasteiger charge is 2.55. The number of piperidine rings is 1. The van der Waals surface area contributed by atoms with Gasteiger partial charge in [-0.25, -0.2) is 4.79 Å². The molecule has 1 N–H and O–H groups in total. The summed E-state index contributed by atoms with van der Waals surface area (Å²) in [6.45, 7) is 2.14. The Bertz CT molecular complexity index is 659. The highest BCUT2D eigenvalue weighted by Crippen LogP contribution is 2.50. The van der Waals surface area contributed by atoms with E-state index in [9.17, 15) is 23.1 Å². The lowest BCUT2D eigenvalue weighted by Gasteiger charge is -2.50. The van der Waals surface area contributed by atoms with E-state index in [0.717, 1.165) is 0 Å². The van der Waals surface area contributed by atoms with Crippen LogP contribution in [-0.2, 0) is 4.74 Å². The first-order chi connectivity index (χ1) is 12.8. The number of hydrogen-bond donors (Lipinski definition) is 1. The summed E-state index contributed by atoms with van der Waals surface area (Å²) < 4.78 is 51.6. The summed E-state index contributed by atoms with van der Waals surface area (Å²) in [5.41, 5.74) is -0.720. The molecule has 150 valence electrons. The van der Waals surface area contributed by atoms with Crippen molar-refractivity contribution >= 4 is 5.97 Å². The van der Waals surface area contributed by atoms with Gasteiger partial charge in [-0.3, -0.25) is 4.90 Å². The van der Waals surface area contributed by atoms with Gasteiger partial charge >= 0.3 is 12.1 Å². The molecule has 0 aromatic heterocycles. The van der Waals surface area contributed by atoms with Gasteiger partial charge in [0.15, 0.2) is 0 Å². The molecule has 0 bridgehead atoms. The van der Waals surface area contributed by atoms with Crippen molar-refractivity contribution in [3.05, 3.63) is 29.8 Å². The second kappa shape index (κ2) is 8.06. The molecule has 2 aliphatic heterocycles. The normalized spacial score (nSPS) is 23.3. The lowest BCUT2D eigenvalue weighted by Crippen LogP contribution is -2.56. The van der Waals surface area contributed by atoms with Crippen LogP contribution in [-0.4, -0.2) is 61.6 Å². The molecule has 0 aliphatic carbocycles. The number of alkyl halides is 3. The van der Waals surface area contributed by atoms with Crippen LogP contribution in [0.1, 0.15) is 29.6 Å². The maximum Gasteiger partial charge on any atom is 0.392 e. The zero-order valence-corrected chi connectivity index (χ0v) is 15.0. The van der Waals surface area contributed by atoms with Gasteiger partial charge < -0.3 is 14.6 Å². The molecule has 0 radical (unpaired) electrons. The summed E-state index contributed by atoms with van der Waals surface area (Å²) in [7, 11) is 0. The van der Waals surface area contributed by atoms with Crippen LogP contribution in [0, 0.1) is 11.3 Å². The Balaban J connectivity index is 1.61. The second-order valence-electron chi connectivity index (χ2n) is 7.28. The number of nitrogens with zero attached hydrogens (tertiary/aromatic N) is 1. The Morgan fingerprint density at radius 3 is 2.67 bits per heavy atom. The Morgan fingerprint density at radius 1 is 1.30 bits per heavy atom. The monoisotopic (exact) mass is 387 g/mol. The van der Waals surface area contributed by atoms with Crippen molar-refractivity contribution < 1.29 is 32.5 Å². The van der Waals surface area contributed by atoms with E-state index in [1.807, 2.05) is 4.90 Å². The number of likely N-dealkylation sites (tertiary alicyclic amines) is 1. The average Bonchev–Trinajstić information content (AvgIpc) is 2.61. The standard InChI is InChI=1S/C19H24F3NO4/c20-19(21,22)16-5-8-23(13-18(16)6-10-26-11-7-18)9-12-27-15-4-2-1-3-14(15)17(24)25/h1-4,16H,5-13H2,(H,24,25). The predicted molar refractivity (Wildman–Crippen MR) is 92.0 cm³/mol. The minimum Gasteiger partial charge on any atom is -0.491 e. The molecule has 1 aromatic rings. The molecule has 8 heteroatoms. The fourth-order valence-electron chi connectivity index (χ4n) is 4.29. The summed E-state index contributed by atoms with van der Waals surface area (Å²) in [5.74, 6) is -2.09.